The highest BCUT2D eigenvalue weighted by Crippen LogP contribution is 2.22. The molecule has 0 saturated carbocycles. The van der Waals surface area contributed by atoms with Crippen LogP contribution in [-0.4, -0.2) is 28.4 Å². The van der Waals surface area contributed by atoms with Gasteiger partial charge < -0.3 is 14.9 Å². The third-order valence-corrected chi connectivity index (χ3v) is 2.74. The van der Waals surface area contributed by atoms with Crippen molar-refractivity contribution in [3.8, 4) is 0 Å². The lowest BCUT2D eigenvalue weighted by molar-refractivity contribution is -0.158. The van der Waals surface area contributed by atoms with Crippen molar-refractivity contribution in [1.29, 1.82) is 0 Å². The molecule has 2 N–H and O–H groups in total. The standard InChI is InChI=1S/C13H17FO4/c1-7-6-10(4-5-11(7)14)12(13(16)17)18-9(3)8(2)15/h4-6,8-9,12,15H,1-3H3,(H,16,17). The average Bonchev–Trinajstić information content (AvgIpc) is 2.29. The van der Waals surface area contributed by atoms with Gasteiger partial charge in [-0.3, -0.25) is 0 Å². The Kier molecular flexibility index (Phi) is 4.81. The molecular weight excluding hydrogens is 239 g/mol. The van der Waals surface area contributed by atoms with Gasteiger partial charge in [0.1, 0.15) is 5.82 Å². The number of aliphatic hydroxyl groups excluding tert-OH is 1. The van der Waals surface area contributed by atoms with Crippen LogP contribution in [0.5, 0.6) is 0 Å². The van der Waals surface area contributed by atoms with Crippen molar-refractivity contribution in [2.24, 2.45) is 0 Å². The maximum atomic E-state index is 13.1. The SMILES string of the molecule is Cc1cc(C(OC(C)C(C)O)C(=O)O)ccc1F. The van der Waals surface area contributed by atoms with Crippen molar-refractivity contribution in [3.63, 3.8) is 0 Å². The van der Waals surface area contributed by atoms with Crippen LogP contribution < -0.4 is 0 Å². The molecule has 0 fully saturated rings. The van der Waals surface area contributed by atoms with Gasteiger partial charge in [-0.1, -0.05) is 6.07 Å². The summed E-state index contributed by atoms with van der Waals surface area (Å²) in [6.45, 7) is 4.65. The van der Waals surface area contributed by atoms with E-state index in [-0.39, 0.29) is 0 Å². The van der Waals surface area contributed by atoms with E-state index in [0.29, 0.717) is 11.1 Å². The highest BCUT2D eigenvalue weighted by atomic mass is 19.1. The molecule has 4 nitrogen and oxygen atoms in total. The lowest BCUT2D eigenvalue weighted by atomic mass is 10.1. The largest absolute Gasteiger partial charge is 0.479 e. The first-order valence-electron chi connectivity index (χ1n) is 5.65. The molecule has 1 rings (SSSR count). The first kappa shape index (κ1) is 14.6. The molecule has 0 aliphatic heterocycles. The van der Waals surface area contributed by atoms with Crippen LogP contribution in [0.3, 0.4) is 0 Å². The molecule has 0 aliphatic carbocycles. The van der Waals surface area contributed by atoms with Gasteiger partial charge in [-0.05, 0) is 44.0 Å². The summed E-state index contributed by atoms with van der Waals surface area (Å²) in [5.74, 6) is -1.57. The summed E-state index contributed by atoms with van der Waals surface area (Å²) in [5, 5.41) is 18.4. The quantitative estimate of drug-likeness (QED) is 0.846. The van der Waals surface area contributed by atoms with Crippen LogP contribution in [0, 0.1) is 12.7 Å². The van der Waals surface area contributed by atoms with Crippen molar-refractivity contribution in [3.05, 3.63) is 35.1 Å². The van der Waals surface area contributed by atoms with Gasteiger partial charge in [0.25, 0.3) is 0 Å². The first-order chi connectivity index (χ1) is 8.32. The lowest BCUT2D eigenvalue weighted by Crippen LogP contribution is -2.28. The van der Waals surface area contributed by atoms with E-state index in [2.05, 4.69) is 0 Å². The Balaban J connectivity index is 2.97. The summed E-state index contributed by atoms with van der Waals surface area (Å²) < 4.78 is 18.4. The van der Waals surface area contributed by atoms with E-state index in [1.54, 1.807) is 13.8 Å². The van der Waals surface area contributed by atoms with Gasteiger partial charge in [-0.2, -0.15) is 0 Å². The monoisotopic (exact) mass is 256 g/mol. The number of aliphatic hydroxyl groups is 1. The number of aryl methyl sites for hydroxylation is 1. The molecule has 3 atom stereocenters. The summed E-state index contributed by atoms with van der Waals surface area (Å²) in [4.78, 5) is 11.2. The molecule has 5 heteroatoms. The molecule has 0 radical (unpaired) electrons. The smallest absolute Gasteiger partial charge is 0.337 e. The van der Waals surface area contributed by atoms with E-state index >= 15 is 0 Å². The van der Waals surface area contributed by atoms with Crippen LogP contribution in [0.1, 0.15) is 31.1 Å². The molecule has 0 aromatic heterocycles. The number of benzene rings is 1. The lowest BCUT2D eigenvalue weighted by Gasteiger charge is -2.21. The van der Waals surface area contributed by atoms with Crippen LogP contribution in [-0.2, 0) is 9.53 Å². The number of aliphatic carboxylic acids is 1. The zero-order valence-corrected chi connectivity index (χ0v) is 10.6. The number of carboxylic acid groups (broad SMARTS) is 1. The molecule has 1 aromatic rings. The van der Waals surface area contributed by atoms with E-state index in [4.69, 9.17) is 9.84 Å². The molecule has 3 unspecified atom stereocenters. The Bertz CT molecular complexity index is 431. The molecule has 0 aliphatic rings. The van der Waals surface area contributed by atoms with Crippen LogP contribution in [0.2, 0.25) is 0 Å². The topological polar surface area (TPSA) is 66.8 Å². The van der Waals surface area contributed by atoms with Crippen molar-refractivity contribution >= 4 is 5.97 Å². The molecule has 1 aromatic carbocycles. The minimum atomic E-state index is -1.21. The Hall–Kier alpha value is -1.46. The van der Waals surface area contributed by atoms with Crippen LogP contribution in [0.25, 0.3) is 0 Å². The minimum Gasteiger partial charge on any atom is -0.479 e. The normalized spacial score (nSPS) is 16.1. The summed E-state index contributed by atoms with van der Waals surface area (Å²) in [6, 6.07) is 4.01. The Morgan fingerprint density at radius 3 is 2.44 bits per heavy atom. The fraction of sp³-hybridized carbons (Fsp3) is 0.462. The predicted molar refractivity (Wildman–Crippen MR) is 63.7 cm³/mol. The van der Waals surface area contributed by atoms with Crippen LogP contribution in [0.15, 0.2) is 18.2 Å². The number of carboxylic acids is 1. The third kappa shape index (κ3) is 3.51. The maximum Gasteiger partial charge on any atom is 0.337 e. The maximum absolute atomic E-state index is 13.1. The number of ether oxygens (including phenoxy) is 1. The molecule has 18 heavy (non-hydrogen) atoms. The zero-order valence-electron chi connectivity index (χ0n) is 10.6. The average molecular weight is 256 g/mol. The summed E-state index contributed by atoms with van der Waals surface area (Å²) in [7, 11) is 0. The van der Waals surface area contributed by atoms with Gasteiger partial charge in [0.2, 0.25) is 0 Å². The van der Waals surface area contributed by atoms with Gasteiger partial charge in [0, 0.05) is 0 Å². The Labute approximate surface area is 105 Å². The second-order valence-corrected chi connectivity index (χ2v) is 4.31. The summed E-state index contributed by atoms with van der Waals surface area (Å²) >= 11 is 0. The molecular formula is C13H17FO4. The summed E-state index contributed by atoms with van der Waals surface area (Å²) in [5.41, 5.74) is 0.709. The molecule has 0 heterocycles. The molecule has 0 amide bonds. The van der Waals surface area contributed by atoms with E-state index < -0.39 is 30.1 Å². The van der Waals surface area contributed by atoms with Gasteiger partial charge in [-0.15, -0.1) is 0 Å². The Morgan fingerprint density at radius 2 is 2.00 bits per heavy atom. The van der Waals surface area contributed by atoms with E-state index in [1.807, 2.05) is 0 Å². The fourth-order valence-corrected chi connectivity index (χ4v) is 1.44. The van der Waals surface area contributed by atoms with Crippen molar-refractivity contribution < 1.29 is 24.1 Å². The zero-order chi connectivity index (χ0) is 13.9. The highest BCUT2D eigenvalue weighted by Gasteiger charge is 2.25. The number of halogens is 1. The first-order valence-corrected chi connectivity index (χ1v) is 5.65. The van der Waals surface area contributed by atoms with E-state index in [1.165, 1.54) is 25.1 Å². The second-order valence-electron chi connectivity index (χ2n) is 4.31. The van der Waals surface area contributed by atoms with Gasteiger partial charge in [-0.25, -0.2) is 9.18 Å². The number of carbonyl (C=O) groups is 1. The third-order valence-electron chi connectivity index (χ3n) is 2.74. The summed E-state index contributed by atoms with van der Waals surface area (Å²) in [6.07, 6.45) is -2.63. The van der Waals surface area contributed by atoms with Gasteiger partial charge >= 0.3 is 5.97 Å². The number of rotatable bonds is 5. The number of hydrogen-bond acceptors (Lipinski definition) is 3. The highest BCUT2D eigenvalue weighted by molar-refractivity contribution is 5.74. The predicted octanol–water partition coefficient (Wildman–Crippen LogP) is 2.05. The number of hydrogen-bond donors (Lipinski definition) is 2. The van der Waals surface area contributed by atoms with Crippen molar-refractivity contribution in [1.82, 2.24) is 0 Å². The molecule has 0 spiro atoms. The Morgan fingerprint density at radius 1 is 1.39 bits per heavy atom. The van der Waals surface area contributed by atoms with Crippen molar-refractivity contribution in [2.75, 3.05) is 0 Å². The van der Waals surface area contributed by atoms with Crippen LogP contribution >= 0.6 is 0 Å². The minimum absolute atomic E-state index is 0.354. The van der Waals surface area contributed by atoms with E-state index in [9.17, 15) is 14.3 Å². The molecule has 0 saturated heterocycles. The fourth-order valence-electron chi connectivity index (χ4n) is 1.44. The second kappa shape index (κ2) is 5.93. The van der Waals surface area contributed by atoms with E-state index in [0.717, 1.165) is 0 Å². The van der Waals surface area contributed by atoms with Gasteiger partial charge in [0.05, 0.1) is 12.2 Å². The molecule has 0 bridgehead atoms. The molecule has 100 valence electrons. The van der Waals surface area contributed by atoms with Crippen molar-refractivity contribution in [2.45, 2.75) is 39.1 Å². The van der Waals surface area contributed by atoms with Gasteiger partial charge in [0.15, 0.2) is 6.10 Å². The van der Waals surface area contributed by atoms with Crippen LogP contribution in [0.4, 0.5) is 4.39 Å².